The van der Waals surface area contributed by atoms with Gasteiger partial charge in [-0.1, -0.05) is 23.7 Å². The molecule has 2 atom stereocenters. The molecule has 7 nitrogen and oxygen atoms in total. The predicted octanol–water partition coefficient (Wildman–Crippen LogP) is 2.73. The molecule has 0 saturated carbocycles. The first kappa shape index (κ1) is 20.1. The van der Waals surface area contributed by atoms with Gasteiger partial charge < -0.3 is 4.42 Å². The average molecular weight is 436 g/mol. The minimum absolute atomic E-state index is 0.0921. The summed E-state index contributed by atoms with van der Waals surface area (Å²) < 4.78 is 29.1. The van der Waals surface area contributed by atoms with Crippen LogP contribution in [0.3, 0.4) is 0 Å². The predicted molar refractivity (Wildman–Crippen MR) is 111 cm³/mol. The van der Waals surface area contributed by atoms with Crippen molar-refractivity contribution in [3.8, 4) is 0 Å². The topological polar surface area (TPSA) is 83.2 Å². The van der Waals surface area contributed by atoms with Crippen molar-refractivity contribution in [1.29, 1.82) is 0 Å². The molecule has 0 aliphatic carbocycles. The smallest absolute Gasteiger partial charge is 0.257 e. The first-order chi connectivity index (χ1) is 13.8. The summed E-state index contributed by atoms with van der Waals surface area (Å²) in [7, 11) is -1.23. The maximum atomic E-state index is 13.1. The minimum Gasteiger partial charge on any atom is -0.467 e. The lowest BCUT2D eigenvalue weighted by atomic mass is 10.0. The molecule has 0 spiro atoms. The zero-order chi connectivity index (χ0) is 20.6. The zero-order valence-corrected chi connectivity index (χ0v) is 17.6. The normalized spacial score (nSPS) is 23.6. The molecule has 2 aromatic rings. The van der Waals surface area contributed by atoms with Crippen molar-refractivity contribution in [2.24, 2.45) is 5.10 Å². The molecule has 3 heterocycles. The number of halogens is 1. The molecule has 0 bridgehead atoms. The molecule has 1 saturated heterocycles. The van der Waals surface area contributed by atoms with E-state index in [0.717, 1.165) is 11.3 Å². The van der Waals surface area contributed by atoms with Crippen molar-refractivity contribution in [1.82, 2.24) is 9.91 Å². The van der Waals surface area contributed by atoms with Crippen LogP contribution in [-0.4, -0.2) is 61.1 Å². The highest BCUT2D eigenvalue weighted by atomic mass is 35.5. The van der Waals surface area contributed by atoms with E-state index in [4.69, 9.17) is 16.0 Å². The molecular formula is C20H22ClN3O4S. The summed E-state index contributed by atoms with van der Waals surface area (Å²) >= 11 is 5.98. The van der Waals surface area contributed by atoms with E-state index in [2.05, 4.69) is 5.10 Å². The summed E-state index contributed by atoms with van der Waals surface area (Å²) in [5.74, 6) is 0.741. The van der Waals surface area contributed by atoms with E-state index in [1.807, 2.05) is 23.1 Å². The van der Waals surface area contributed by atoms with Crippen LogP contribution in [0.1, 0.15) is 30.2 Å². The molecule has 0 unspecified atom stereocenters. The molecule has 0 N–H and O–H groups in total. The number of benzene rings is 1. The lowest BCUT2D eigenvalue weighted by Gasteiger charge is -2.26. The first-order valence-corrected chi connectivity index (χ1v) is 11.6. The van der Waals surface area contributed by atoms with Gasteiger partial charge in [-0.3, -0.25) is 9.69 Å². The molecule has 9 heteroatoms. The monoisotopic (exact) mass is 435 g/mol. The molecule has 4 rings (SSSR count). The van der Waals surface area contributed by atoms with Crippen LogP contribution in [0.15, 0.2) is 52.2 Å². The number of likely N-dealkylation sites (N-methyl/N-ethyl adjacent to an activating group) is 1. The van der Waals surface area contributed by atoms with Crippen LogP contribution < -0.4 is 0 Å². The van der Waals surface area contributed by atoms with Gasteiger partial charge in [-0.25, -0.2) is 13.4 Å². The summed E-state index contributed by atoms with van der Waals surface area (Å²) in [5, 5.41) is 6.68. The Hall–Kier alpha value is -2.16. The maximum Gasteiger partial charge on any atom is 0.257 e. The molecule has 1 amide bonds. The first-order valence-electron chi connectivity index (χ1n) is 9.42. The van der Waals surface area contributed by atoms with Gasteiger partial charge in [0.1, 0.15) is 11.8 Å². The largest absolute Gasteiger partial charge is 0.467 e. The highest BCUT2D eigenvalue weighted by Gasteiger charge is 2.37. The van der Waals surface area contributed by atoms with Crippen LogP contribution >= 0.6 is 11.6 Å². The number of nitrogens with zero attached hydrogens (tertiary/aromatic N) is 3. The van der Waals surface area contributed by atoms with E-state index in [9.17, 15) is 13.2 Å². The lowest BCUT2D eigenvalue weighted by molar-refractivity contribution is -0.134. The lowest BCUT2D eigenvalue weighted by Crippen LogP contribution is -2.41. The zero-order valence-electron chi connectivity index (χ0n) is 16.0. The number of sulfone groups is 1. The Morgan fingerprint density at radius 2 is 2.07 bits per heavy atom. The van der Waals surface area contributed by atoms with Gasteiger partial charge >= 0.3 is 0 Å². The van der Waals surface area contributed by atoms with Crippen molar-refractivity contribution in [2.75, 3.05) is 25.1 Å². The Morgan fingerprint density at radius 3 is 2.69 bits per heavy atom. The Kier molecular flexibility index (Phi) is 5.50. The van der Waals surface area contributed by atoms with Crippen LogP contribution in [0.2, 0.25) is 5.02 Å². The number of rotatable bonds is 5. The fourth-order valence-electron chi connectivity index (χ4n) is 3.80. The molecule has 29 heavy (non-hydrogen) atoms. The standard InChI is InChI=1S/C20H22ClN3O4S/c1-23(16-8-10-29(26,27)13-16)12-20(25)24-18(19-3-2-9-28-19)11-17(22-24)14-4-6-15(21)7-5-14/h2-7,9,16,18H,8,10-13H2,1H3/t16-,18-/m1/s1. The van der Waals surface area contributed by atoms with Gasteiger partial charge in [0.25, 0.3) is 5.91 Å². The van der Waals surface area contributed by atoms with E-state index in [-0.39, 0.29) is 36.0 Å². The number of hydrogen-bond donors (Lipinski definition) is 0. The molecule has 1 aromatic carbocycles. The van der Waals surface area contributed by atoms with Crippen molar-refractivity contribution in [3.05, 3.63) is 59.0 Å². The molecule has 154 valence electrons. The van der Waals surface area contributed by atoms with Crippen LogP contribution in [0.5, 0.6) is 0 Å². The molecule has 2 aliphatic heterocycles. The number of hydrogen-bond acceptors (Lipinski definition) is 6. The van der Waals surface area contributed by atoms with Gasteiger partial charge in [0.2, 0.25) is 0 Å². The number of carbonyl (C=O) groups excluding carboxylic acids is 1. The quantitative estimate of drug-likeness (QED) is 0.721. The van der Waals surface area contributed by atoms with Gasteiger partial charge in [-0.2, -0.15) is 5.10 Å². The maximum absolute atomic E-state index is 13.1. The van der Waals surface area contributed by atoms with Gasteiger partial charge in [-0.05, 0) is 43.3 Å². The van der Waals surface area contributed by atoms with E-state index in [1.165, 1.54) is 5.01 Å². The second-order valence-electron chi connectivity index (χ2n) is 7.50. The summed E-state index contributed by atoms with van der Waals surface area (Å²) in [6, 6.07) is 10.5. The third-order valence-corrected chi connectivity index (χ3v) is 7.43. The molecule has 0 radical (unpaired) electrons. The third-order valence-electron chi connectivity index (χ3n) is 5.43. The Balaban J connectivity index is 1.54. The molecular weight excluding hydrogens is 414 g/mol. The molecule has 2 aliphatic rings. The molecule has 1 fully saturated rings. The summed E-state index contributed by atoms with van der Waals surface area (Å²) in [4.78, 5) is 14.9. The summed E-state index contributed by atoms with van der Waals surface area (Å²) in [6.45, 7) is 0.0921. The molecule has 1 aromatic heterocycles. The second kappa shape index (κ2) is 7.93. The van der Waals surface area contributed by atoms with E-state index >= 15 is 0 Å². The average Bonchev–Trinajstić information content (AvgIpc) is 3.40. The second-order valence-corrected chi connectivity index (χ2v) is 10.2. The minimum atomic E-state index is -3.01. The fourth-order valence-corrected chi connectivity index (χ4v) is 5.73. The van der Waals surface area contributed by atoms with Crippen LogP contribution in [-0.2, 0) is 14.6 Å². The third kappa shape index (κ3) is 4.39. The highest BCUT2D eigenvalue weighted by Crippen LogP contribution is 2.33. The number of hydrazone groups is 1. The van der Waals surface area contributed by atoms with Gasteiger partial charge in [0.15, 0.2) is 9.84 Å². The van der Waals surface area contributed by atoms with E-state index in [0.29, 0.717) is 23.6 Å². The van der Waals surface area contributed by atoms with Crippen LogP contribution in [0.4, 0.5) is 0 Å². The van der Waals surface area contributed by atoms with Crippen molar-refractivity contribution in [3.63, 3.8) is 0 Å². The van der Waals surface area contributed by atoms with Crippen molar-refractivity contribution >= 4 is 33.1 Å². The Morgan fingerprint density at radius 1 is 1.31 bits per heavy atom. The SMILES string of the molecule is CN(CC(=O)N1N=C(c2ccc(Cl)cc2)C[C@@H]1c1ccco1)[C@@H]1CCS(=O)(=O)C1. The summed E-state index contributed by atoms with van der Waals surface area (Å²) in [5.41, 5.74) is 1.68. The summed E-state index contributed by atoms with van der Waals surface area (Å²) in [6.07, 6.45) is 2.66. The Labute approximate surface area is 174 Å². The van der Waals surface area contributed by atoms with Crippen LogP contribution in [0.25, 0.3) is 0 Å². The van der Waals surface area contributed by atoms with Gasteiger partial charge in [-0.15, -0.1) is 0 Å². The van der Waals surface area contributed by atoms with E-state index in [1.54, 1.807) is 31.5 Å². The van der Waals surface area contributed by atoms with Crippen molar-refractivity contribution in [2.45, 2.75) is 24.9 Å². The van der Waals surface area contributed by atoms with E-state index < -0.39 is 9.84 Å². The van der Waals surface area contributed by atoms with Gasteiger partial charge in [0.05, 0.1) is 30.0 Å². The van der Waals surface area contributed by atoms with Gasteiger partial charge in [0, 0.05) is 17.5 Å². The number of amides is 1. The Bertz CT molecular complexity index is 1020. The highest BCUT2D eigenvalue weighted by molar-refractivity contribution is 7.91. The number of furan rings is 1. The van der Waals surface area contributed by atoms with Crippen LogP contribution in [0, 0.1) is 0 Å². The fraction of sp³-hybridized carbons (Fsp3) is 0.400. The number of carbonyl (C=O) groups is 1. The van der Waals surface area contributed by atoms with Crippen molar-refractivity contribution < 1.29 is 17.6 Å².